The number of halogens is 1. The van der Waals surface area contributed by atoms with E-state index in [2.05, 4.69) is 24.3 Å². The molecule has 22 heavy (non-hydrogen) atoms. The first kappa shape index (κ1) is 12.3. The predicted octanol–water partition coefficient (Wildman–Crippen LogP) is 2.55. The summed E-state index contributed by atoms with van der Waals surface area (Å²) in [5.74, 6) is -0.0534. The van der Waals surface area contributed by atoms with Gasteiger partial charge in [-0.05, 0) is 47.9 Å². The maximum atomic E-state index is 13.1. The topological polar surface area (TPSA) is 37.4 Å². The first-order valence-electron chi connectivity index (χ1n) is 7.67. The molecular formula is C18H14FNO2. The lowest BCUT2D eigenvalue weighted by molar-refractivity contribution is -0.127. The van der Waals surface area contributed by atoms with Gasteiger partial charge in [0.2, 0.25) is 11.8 Å². The largest absolute Gasteiger partial charge is 0.274 e. The zero-order chi connectivity index (χ0) is 15.0. The third-order valence-corrected chi connectivity index (χ3v) is 5.76. The molecule has 0 N–H and O–H groups in total. The third kappa shape index (κ3) is 1.31. The molecule has 1 saturated heterocycles. The second-order valence-electron chi connectivity index (χ2n) is 6.62. The van der Waals surface area contributed by atoms with Crippen molar-refractivity contribution >= 4 is 17.5 Å². The molecule has 2 fully saturated rings. The maximum Gasteiger partial charge on any atom is 0.238 e. The summed E-state index contributed by atoms with van der Waals surface area (Å²) in [5.41, 5.74) is 0.477. The maximum absolute atomic E-state index is 13.1. The van der Waals surface area contributed by atoms with Crippen molar-refractivity contribution in [3.63, 3.8) is 0 Å². The van der Waals surface area contributed by atoms with Crippen molar-refractivity contribution in [2.75, 3.05) is 4.90 Å². The molecule has 4 aliphatic carbocycles. The first-order chi connectivity index (χ1) is 10.7. The Morgan fingerprint density at radius 2 is 1.18 bits per heavy atom. The van der Waals surface area contributed by atoms with E-state index in [-0.39, 0.29) is 41.3 Å². The number of amides is 2. The van der Waals surface area contributed by atoms with Gasteiger partial charge >= 0.3 is 0 Å². The highest BCUT2D eigenvalue weighted by molar-refractivity contribution is 6.22. The van der Waals surface area contributed by atoms with E-state index in [1.54, 1.807) is 0 Å². The molecule has 2 bridgehead atoms. The number of hydrogen-bond acceptors (Lipinski definition) is 2. The number of hydrogen-bond donors (Lipinski definition) is 0. The summed E-state index contributed by atoms with van der Waals surface area (Å²) in [4.78, 5) is 27.0. The summed E-state index contributed by atoms with van der Waals surface area (Å²) in [5, 5.41) is 0. The van der Waals surface area contributed by atoms with Gasteiger partial charge in [-0.15, -0.1) is 0 Å². The Morgan fingerprint density at radius 3 is 1.64 bits per heavy atom. The molecule has 3 nitrogen and oxygen atoms in total. The van der Waals surface area contributed by atoms with Crippen LogP contribution in [0.15, 0.2) is 48.6 Å². The number of nitrogens with zero attached hydrogens (tertiary/aromatic N) is 1. The Balaban J connectivity index is 1.58. The van der Waals surface area contributed by atoms with Crippen molar-refractivity contribution in [1.82, 2.24) is 0 Å². The van der Waals surface area contributed by atoms with Gasteiger partial charge in [-0.3, -0.25) is 14.5 Å². The van der Waals surface area contributed by atoms with Crippen molar-refractivity contribution < 1.29 is 14.0 Å². The van der Waals surface area contributed by atoms with Crippen molar-refractivity contribution in [3.05, 3.63) is 54.4 Å². The first-order valence-corrected chi connectivity index (χ1v) is 7.67. The fraction of sp³-hybridized carbons (Fsp3) is 0.333. The lowest BCUT2D eigenvalue weighted by Gasteiger charge is -2.51. The van der Waals surface area contributed by atoms with Crippen LogP contribution >= 0.6 is 0 Å². The molecule has 1 aliphatic heterocycles. The molecule has 4 unspecified atom stereocenters. The van der Waals surface area contributed by atoms with E-state index in [4.69, 9.17) is 0 Å². The van der Waals surface area contributed by atoms with E-state index in [0.29, 0.717) is 17.5 Å². The van der Waals surface area contributed by atoms with Crippen LogP contribution in [0.5, 0.6) is 0 Å². The van der Waals surface area contributed by atoms with Crippen LogP contribution < -0.4 is 4.90 Å². The minimum atomic E-state index is -0.371. The summed E-state index contributed by atoms with van der Waals surface area (Å²) in [6, 6.07) is 5.58. The van der Waals surface area contributed by atoms with Crippen LogP contribution in [0.25, 0.3) is 0 Å². The van der Waals surface area contributed by atoms with E-state index in [1.165, 1.54) is 29.2 Å². The molecule has 6 rings (SSSR count). The molecule has 110 valence electrons. The minimum absolute atomic E-state index is 0.125. The monoisotopic (exact) mass is 295 g/mol. The molecule has 1 aromatic rings. The number of allylic oxidation sites excluding steroid dienone is 4. The Labute approximate surface area is 127 Å². The lowest BCUT2D eigenvalue weighted by atomic mass is 9.50. The van der Waals surface area contributed by atoms with Crippen molar-refractivity contribution in [1.29, 1.82) is 0 Å². The second-order valence-corrected chi connectivity index (χ2v) is 6.62. The van der Waals surface area contributed by atoms with Gasteiger partial charge in [-0.1, -0.05) is 24.3 Å². The average molecular weight is 295 g/mol. The number of imide groups is 1. The lowest BCUT2D eigenvalue weighted by Crippen LogP contribution is -2.50. The SMILES string of the molecule is O=C1[C@@H]2C3C=CC(C4C=CC43)[C@@H]2C(=O)N1c1ccc(F)cc1. The zero-order valence-electron chi connectivity index (χ0n) is 11.7. The Hall–Kier alpha value is -2.23. The predicted molar refractivity (Wildman–Crippen MR) is 78.1 cm³/mol. The van der Waals surface area contributed by atoms with Crippen LogP contribution in [-0.4, -0.2) is 11.8 Å². The van der Waals surface area contributed by atoms with Gasteiger partial charge in [0.25, 0.3) is 0 Å². The minimum Gasteiger partial charge on any atom is -0.274 e. The van der Waals surface area contributed by atoms with Gasteiger partial charge in [-0.2, -0.15) is 0 Å². The highest BCUT2D eigenvalue weighted by Gasteiger charge is 2.62. The van der Waals surface area contributed by atoms with Crippen LogP contribution in [0.3, 0.4) is 0 Å². The van der Waals surface area contributed by atoms with E-state index in [1.807, 2.05) is 0 Å². The average Bonchev–Trinajstić information content (AvgIpc) is 2.74. The molecule has 0 spiro atoms. The van der Waals surface area contributed by atoms with Gasteiger partial charge in [0.05, 0.1) is 17.5 Å². The molecule has 0 radical (unpaired) electrons. The van der Waals surface area contributed by atoms with Crippen LogP contribution in [-0.2, 0) is 9.59 Å². The van der Waals surface area contributed by atoms with Gasteiger partial charge in [0.1, 0.15) is 5.82 Å². The highest BCUT2D eigenvalue weighted by Crippen LogP contribution is 2.58. The Morgan fingerprint density at radius 1 is 0.727 bits per heavy atom. The summed E-state index contributed by atoms with van der Waals surface area (Å²) >= 11 is 0. The molecule has 6 atom stereocenters. The molecule has 2 amide bonds. The number of rotatable bonds is 1. The fourth-order valence-corrected chi connectivity index (χ4v) is 4.74. The van der Waals surface area contributed by atoms with Gasteiger partial charge in [0.15, 0.2) is 0 Å². The number of carbonyl (C=O) groups excluding carboxylic acids is 2. The third-order valence-electron chi connectivity index (χ3n) is 5.76. The number of carbonyl (C=O) groups is 2. The smallest absolute Gasteiger partial charge is 0.238 e. The van der Waals surface area contributed by atoms with E-state index in [9.17, 15) is 14.0 Å². The van der Waals surface area contributed by atoms with E-state index in [0.717, 1.165) is 0 Å². The van der Waals surface area contributed by atoms with Crippen molar-refractivity contribution in [2.24, 2.45) is 35.5 Å². The quantitative estimate of drug-likeness (QED) is 0.590. The van der Waals surface area contributed by atoms with Crippen LogP contribution in [0.4, 0.5) is 10.1 Å². The molecule has 1 heterocycles. The summed E-state index contributed by atoms with van der Waals surface area (Å²) < 4.78 is 13.1. The van der Waals surface area contributed by atoms with Crippen LogP contribution in [0, 0.1) is 41.3 Å². The van der Waals surface area contributed by atoms with Gasteiger partial charge < -0.3 is 0 Å². The van der Waals surface area contributed by atoms with E-state index >= 15 is 0 Å². The second kappa shape index (κ2) is 3.94. The molecular weight excluding hydrogens is 281 g/mol. The molecule has 0 aromatic heterocycles. The van der Waals surface area contributed by atoms with Gasteiger partial charge in [0, 0.05) is 0 Å². The van der Waals surface area contributed by atoms with Gasteiger partial charge in [-0.25, -0.2) is 4.39 Å². The molecule has 1 saturated carbocycles. The standard InChI is InChI=1S/C18H14FNO2/c19-9-1-3-10(4-2-9)20-17(21)15-13-7-8-14(16(15)18(20)22)12-6-5-11(12)13/h1-8,11-16H/t11?,12?,13?,14?,15-,16+. The van der Waals surface area contributed by atoms with Crippen molar-refractivity contribution in [3.8, 4) is 0 Å². The number of anilines is 1. The Bertz CT molecular complexity index is 711. The zero-order valence-corrected chi connectivity index (χ0v) is 11.7. The van der Waals surface area contributed by atoms with E-state index < -0.39 is 0 Å². The highest BCUT2D eigenvalue weighted by atomic mass is 19.1. The normalized spacial score (nSPS) is 40.7. The Kier molecular flexibility index (Phi) is 2.21. The van der Waals surface area contributed by atoms with Crippen LogP contribution in [0.2, 0.25) is 0 Å². The van der Waals surface area contributed by atoms with Crippen LogP contribution in [0.1, 0.15) is 0 Å². The molecule has 1 aromatic carbocycles. The fourth-order valence-electron chi connectivity index (χ4n) is 4.74. The number of benzene rings is 1. The molecule has 4 heteroatoms. The summed E-state index contributed by atoms with van der Waals surface area (Å²) in [6.45, 7) is 0. The summed E-state index contributed by atoms with van der Waals surface area (Å²) in [6.07, 6.45) is 8.58. The van der Waals surface area contributed by atoms with Crippen molar-refractivity contribution in [2.45, 2.75) is 0 Å². The molecule has 5 aliphatic rings. The summed E-state index contributed by atoms with van der Waals surface area (Å²) in [7, 11) is 0.